The van der Waals surface area contributed by atoms with Gasteiger partial charge in [0, 0.05) is 12.2 Å². The molecular weight excluding hydrogens is 122 g/mol. The van der Waals surface area contributed by atoms with Crippen molar-refractivity contribution < 1.29 is 0 Å². The average molecular weight is 139 g/mol. The average Bonchev–Trinajstić information content (AvgIpc) is 2.33. The standard InChI is InChI=1S/C9H17N/c1-4-9-8(7(2)3)5-6-10-9/h7,10H,4-6H2,1-3H3. The van der Waals surface area contributed by atoms with Crippen LogP contribution in [0.4, 0.5) is 0 Å². The third-order valence-electron chi connectivity index (χ3n) is 2.17. The predicted molar refractivity (Wildman–Crippen MR) is 44.8 cm³/mol. The number of allylic oxidation sites excluding steroid dienone is 1. The van der Waals surface area contributed by atoms with Crippen LogP contribution < -0.4 is 5.32 Å². The molecule has 1 nitrogen and oxygen atoms in total. The van der Waals surface area contributed by atoms with Crippen LogP contribution >= 0.6 is 0 Å². The molecule has 0 aromatic carbocycles. The summed E-state index contributed by atoms with van der Waals surface area (Å²) in [6.45, 7) is 7.93. The fraction of sp³-hybridized carbons (Fsp3) is 0.778. The summed E-state index contributed by atoms with van der Waals surface area (Å²) in [5.74, 6) is 0.741. The van der Waals surface area contributed by atoms with Crippen molar-refractivity contribution >= 4 is 0 Å². The molecule has 1 aliphatic rings. The van der Waals surface area contributed by atoms with E-state index in [-0.39, 0.29) is 0 Å². The van der Waals surface area contributed by atoms with Crippen LogP contribution in [0.25, 0.3) is 0 Å². The molecule has 0 atom stereocenters. The third-order valence-corrected chi connectivity index (χ3v) is 2.17. The fourth-order valence-corrected chi connectivity index (χ4v) is 1.60. The highest BCUT2D eigenvalue weighted by Gasteiger charge is 2.14. The van der Waals surface area contributed by atoms with E-state index in [1.807, 2.05) is 0 Å². The lowest BCUT2D eigenvalue weighted by atomic mass is 10.00. The molecule has 0 fully saturated rings. The van der Waals surface area contributed by atoms with Gasteiger partial charge in [-0.15, -0.1) is 0 Å². The van der Waals surface area contributed by atoms with Gasteiger partial charge in [-0.2, -0.15) is 0 Å². The molecule has 0 amide bonds. The van der Waals surface area contributed by atoms with Crippen molar-refractivity contribution in [2.45, 2.75) is 33.6 Å². The lowest BCUT2D eigenvalue weighted by Gasteiger charge is -2.07. The molecule has 10 heavy (non-hydrogen) atoms. The maximum Gasteiger partial charge on any atom is 0.0182 e. The first-order chi connectivity index (χ1) is 4.75. The smallest absolute Gasteiger partial charge is 0.0182 e. The summed E-state index contributed by atoms with van der Waals surface area (Å²) in [4.78, 5) is 0. The van der Waals surface area contributed by atoms with Crippen LogP contribution in [0.15, 0.2) is 11.3 Å². The Kier molecular flexibility index (Phi) is 2.36. The van der Waals surface area contributed by atoms with E-state index in [0.717, 1.165) is 12.5 Å². The van der Waals surface area contributed by atoms with Gasteiger partial charge in [-0.3, -0.25) is 0 Å². The van der Waals surface area contributed by atoms with Crippen LogP contribution in [0.3, 0.4) is 0 Å². The second-order valence-corrected chi connectivity index (χ2v) is 3.19. The van der Waals surface area contributed by atoms with Crippen LogP contribution in [0.5, 0.6) is 0 Å². The van der Waals surface area contributed by atoms with Crippen LogP contribution in [0.1, 0.15) is 33.6 Å². The van der Waals surface area contributed by atoms with E-state index in [2.05, 4.69) is 26.1 Å². The molecule has 0 bridgehead atoms. The maximum atomic E-state index is 3.42. The summed E-state index contributed by atoms with van der Waals surface area (Å²) < 4.78 is 0. The molecular formula is C9H17N. The quantitative estimate of drug-likeness (QED) is 0.619. The molecule has 0 aromatic rings. The Morgan fingerprint density at radius 1 is 1.50 bits per heavy atom. The maximum absolute atomic E-state index is 3.42. The van der Waals surface area contributed by atoms with Gasteiger partial charge in [0.25, 0.3) is 0 Å². The monoisotopic (exact) mass is 139 g/mol. The zero-order valence-electron chi connectivity index (χ0n) is 7.20. The summed E-state index contributed by atoms with van der Waals surface area (Å²) in [6, 6.07) is 0. The van der Waals surface area contributed by atoms with Crippen molar-refractivity contribution in [3.05, 3.63) is 11.3 Å². The Bertz CT molecular complexity index is 145. The van der Waals surface area contributed by atoms with Crippen molar-refractivity contribution in [3.8, 4) is 0 Å². The predicted octanol–water partition coefficient (Wildman–Crippen LogP) is 2.30. The third kappa shape index (κ3) is 1.34. The van der Waals surface area contributed by atoms with Crippen molar-refractivity contribution in [2.24, 2.45) is 5.92 Å². The van der Waals surface area contributed by atoms with Crippen LogP contribution in [-0.2, 0) is 0 Å². The molecule has 0 aliphatic carbocycles. The van der Waals surface area contributed by atoms with Crippen LogP contribution in [-0.4, -0.2) is 6.54 Å². The first-order valence-corrected chi connectivity index (χ1v) is 4.21. The van der Waals surface area contributed by atoms with E-state index in [4.69, 9.17) is 0 Å². The molecule has 58 valence electrons. The van der Waals surface area contributed by atoms with Crippen LogP contribution in [0.2, 0.25) is 0 Å². The van der Waals surface area contributed by atoms with E-state index in [9.17, 15) is 0 Å². The second kappa shape index (κ2) is 3.09. The molecule has 1 heterocycles. The highest BCUT2D eigenvalue weighted by molar-refractivity contribution is 5.19. The highest BCUT2D eigenvalue weighted by atomic mass is 14.9. The molecule has 0 radical (unpaired) electrons. The van der Waals surface area contributed by atoms with E-state index in [1.165, 1.54) is 18.5 Å². The minimum Gasteiger partial charge on any atom is -0.388 e. The van der Waals surface area contributed by atoms with Gasteiger partial charge in [-0.1, -0.05) is 20.8 Å². The molecule has 0 spiro atoms. The highest BCUT2D eigenvalue weighted by Crippen LogP contribution is 2.22. The first-order valence-electron chi connectivity index (χ1n) is 4.21. The molecule has 0 unspecified atom stereocenters. The zero-order chi connectivity index (χ0) is 7.56. The van der Waals surface area contributed by atoms with Gasteiger partial charge in [-0.05, 0) is 24.3 Å². The van der Waals surface area contributed by atoms with Gasteiger partial charge in [0.15, 0.2) is 0 Å². The Hall–Kier alpha value is -0.460. The van der Waals surface area contributed by atoms with Crippen molar-refractivity contribution in [1.82, 2.24) is 5.32 Å². The molecule has 1 N–H and O–H groups in total. The summed E-state index contributed by atoms with van der Waals surface area (Å²) in [5.41, 5.74) is 3.14. The Morgan fingerprint density at radius 2 is 2.20 bits per heavy atom. The lowest BCUT2D eigenvalue weighted by molar-refractivity contribution is 0.731. The number of hydrogen-bond donors (Lipinski definition) is 1. The van der Waals surface area contributed by atoms with E-state index in [1.54, 1.807) is 5.57 Å². The largest absolute Gasteiger partial charge is 0.388 e. The topological polar surface area (TPSA) is 12.0 Å². The summed E-state index contributed by atoms with van der Waals surface area (Å²) in [7, 11) is 0. The van der Waals surface area contributed by atoms with Crippen molar-refractivity contribution in [3.63, 3.8) is 0 Å². The van der Waals surface area contributed by atoms with Crippen molar-refractivity contribution in [2.75, 3.05) is 6.54 Å². The van der Waals surface area contributed by atoms with Gasteiger partial charge in [-0.25, -0.2) is 0 Å². The Labute approximate surface area is 63.5 Å². The van der Waals surface area contributed by atoms with Gasteiger partial charge >= 0.3 is 0 Å². The minimum atomic E-state index is 0.741. The van der Waals surface area contributed by atoms with Gasteiger partial charge in [0.2, 0.25) is 0 Å². The minimum absolute atomic E-state index is 0.741. The van der Waals surface area contributed by atoms with E-state index >= 15 is 0 Å². The summed E-state index contributed by atoms with van der Waals surface area (Å²) in [5, 5.41) is 3.42. The number of nitrogens with one attached hydrogen (secondary N) is 1. The number of hydrogen-bond acceptors (Lipinski definition) is 1. The number of rotatable bonds is 2. The summed E-state index contributed by atoms with van der Waals surface area (Å²) in [6.07, 6.45) is 2.44. The fourth-order valence-electron chi connectivity index (χ4n) is 1.60. The van der Waals surface area contributed by atoms with E-state index in [0.29, 0.717) is 0 Å². The Morgan fingerprint density at radius 3 is 2.60 bits per heavy atom. The zero-order valence-corrected chi connectivity index (χ0v) is 7.20. The molecule has 1 aliphatic heterocycles. The molecule has 0 aromatic heterocycles. The molecule has 0 saturated heterocycles. The lowest BCUT2D eigenvalue weighted by Crippen LogP contribution is -2.06. The van der Waals surface area contributed by atoms with Gasteiger partial charge in [0.05, 0.1) is 0 Å². The molecule has 0 saturated carbocycles. The van der Waals surface area contributed by atoms with Gasteiger partial charge < -0.3 is 5.32 Å². The SMILES string of the molecule is CCC1=C(C(C)C)CCN1. The molecule has 1 rings (SSSR count). The van der Waals surface area contributed by atoms with Gasteiger partial charge in [0.1, 0.15) is 0 Å². The first kappa shape index (κ1) is 7.64. The van der Waals surface area contributed by atoms with Crippen molar-refractivity contribution in [1.29, 1.82) is 0 Å². The summed E-state index contributed by atoms with van der Waals surface area (Å²) >= 11 is 0. The van der Waals surface area contributed by atoms with E-state index < -0.39 is 0 Å². The normalized spacial score (nSPS) is 18.4. The van der Waals surface area contributed by atoms with Crippen LogP contribution in [0, 0.1) is 5.92 Å². The Balaban J connectivity index is 2.68. The second-order valence-electron chi connectivity index (χ2n) is 3.19. The molecule has 1 heteroatoms.